The van der Waals surface area contributed by atoms with E-state index >= 15 is 0 Å². The van der Waals surface area contributed by atoms with Crippen LogP contribution in [0.2, 0.25) is 0 Å². The van der Waals surface area contributed by atoms with Crippen molar-refractivity contribution in [2.24, 2.45) is 28.0 Å². The van der Waals surface area contributed by atoms with E-state index in [0.717, 1.165) is 11.9 Å². The van der Waals surface area contributed by atoms with Crippen LogP contribution < -0.4 is 0 Å². The predicted octanol–water partition coefficient (Wildman–Crippen LogP) is 4.22. The molecule has 2 N–H and O–H groups in total. The number of benzene rings is 2. The van der Waals surface area contributed by atoms with E-state index in [0.29, 0.717) is 24.1 Å². The van der Waals surface area contributed by atoms with Gasteiger partial charge in [0.1, 0.15) is 0 Å². The average Bonchev–Trinajstić information content (AvgIpc) is 3.22. The van der Waals surface area contributed by atoms with Gasteiger partial charge in [-0.3, -0.25) is 0 Å². The molecule has 4 rings (SSSR count). The molecule has 2 aromatic carbocycles. The highest BCUT2D eigenvalue weighted by molar-refractivity contribution is 5.89. The largest absolute Gasteiger partial charge is 0.478 e. The third-order valence-corrected chi connectivity index (χ3v) is 5.74. The second kappa shape index (κ2) is 9.09. The number of hydrogen-bond acceptors (Lipinski definition) is 7. The number of carbonyl (C=O) groups excluding carboxylic acids is 1. The summed E-state index contributed by atoms with van der Waals surface area (Å²) in [5.74, 6) is -2.44. The number of azo groups is 1. The lowest BCUT2D eigenvalue weighted by Crippen LogP contribution is -2.37. The third kappa shape index (κ3) is 4.64. The smallest absolute Gasteiger partial charge is 0.338 e. The summed E-state index contributed by atoms with van der Waals surface area (Å²) in [6.07, 6.45) is 1.27. The molecule has 2 aromatic rings. The van der Waals surface area contributed by atoms with Crippen molar-refractivity contribution in [1.29, 1.82) is 0 Å². The van der Waals surface area contributed by atoms with Crippen molar-refractivity contribution in [2.45, 2.75) is 19.1 Å². The van der Waals surface area contributed by atoms with Gasteiger partial charge in [-0.05, 0) is 49.2 Å². The molecule has 1 fully saturated rings. The zero-order chi connectivity index (χ0) is 21.8. The second-order valence-electron chi connectivity index (χ2n) is 7.61. The lowest BCUT2D eigenvalue weighted by Gasteiger charge is -2.32. The minimum Gasteiger partial charge on any atom is -0.478 e. The van der Waals surface area contributed by atoms with E-state index in [-0.39, 0.29) is 24.0 Å². The summed E-state index contributed by atoms with van der Waals surface area (Å²) in [5.41, 5.74) is 1.87. The fourth-order valence-electron chi connectivity index (χ4n) is 4.17. The van der Waals surface area contributed by atoms with Crippen LogP contribution >= 0.6 is 0 Å². The molecule has 8 heteroatoms. The summed E-state index contributed by atoms with van der Waals surface area (Å²) >= 11 is 0. The van der Waals surface area contributed by atoms with E-state index in [1.807, 2.05) is 30.3 Å². The first-order valence-electron chi connectivity index (χ1n) is 10.0. The number of carboxylic acids is 1. The molecule has 4 unspecified atom stereocenters. The Hall–Kier alpha value is -3.52. The topological polar surface area (TPSA) is 118 Å². The molecule has 0 saturated heterocycles. The van der Waals surface area contributed by atoms with E-state index in [4.69, 9.17) is 9.47 Å². The Morgan fingerprint density at radius 1 is 1.00 bits per heavy atom. The highest BCUT2D eigenvalue weighted by Gasteiger charge is 2.47. The van der Waals surface area contributed by atoms with Crippen molar-refractivity contribution in [1.82, 2.24) is 0 Å². The van der Waals surface area contributed by atoms with Gasteiger partial charge in [0.05, 0.1) is 35.4 Å². The molecule has 1 heterocycles. The first-order chi connectivity index (χ1) is 15.0. The van der Waals surface area contributed by atoms with Gasteiger partial charge in [0.25, 0.3) is 0 Å². The van der Waals surface area contributed by atoms with E-state index in [9.17, 15) is 19.8 Å². The lowest BCUT2D eigenvalue weighted by atomic mass is 9.83. The maximum atomic E-state index is 12.4. The van der Waals surface area contributed by atoms with Gasteiger partial charge in [0.2, 0.25) is 0 Å². The molecule has 1 saturated carbocycles. The van der Waals surface area contributed by atoms with Crippen molar-refractivity contribution in [3.8, 4) is 0 Å². The number of nitrogens with zero attached hydrogens (tertiary/aromatic N) is 2. The van der Waals surface area contributed by atoms with Crippen LogP contribution in [0.1, 0.15) is 23.2 Å². The van der Waals surface area contributed by atoms with Crippen molar-refractivity contribution >= 4 is 23.3 Å². The van der Waals surface area contributed by atoms with Gasteiger partial charge in [0.15, 0.2) is 6.29 Å². The number of esters is 1. The number of carboxylic acid groups (broad SMARTS) is 1. The van der Waals surface area contributed by atoms with Gasteiger partial charge in [-0.15, -0.1) is 0 Å². The molecule has 1 aliphatic heterocycles. The van der Waals surface area contributed by atoms with E-state index < -0.39 is 24.1 Å². The third-order valence-electron chi connectivity index (χ3n) is 5.74. The van der Waals surface area contributed by atoms with E-state index in [2.05, 4.69) is 10.2 Å². The zero-order valence-electron chi connectivity index (χ0n) is 16.6. The van der Waals surface area contributed by atoms with Crippen LogP contribution in [0.15, 0.2) is 76.7 Å². The fourth-order valence-corrected chi connectivity index (χ4v) is 4.17. The minimum absolute atomic E-state index is 0.0861. The fraction of sp³-hybridized carbons (Fsp3) is 0.304. The molecular formula is C23H22N2O6. The quantitative estimate of drug-likeness (QED) is 0.532. The highest BCUT2D eigenvalue weighted by Crippen LogP contribution is 2.46. The molecule has 2 aliphatic rings. The van der Waals surface area contributed by atoms with Crippen molar-refractivity contribution in [3.05, 3.63) is 72.0 Å². The highest BCUT2D eigenvalue weighted by atomic mass is 16.6. The van der Waals surface area contributed by atoms with Gasteiger partial charge in [-0.25, -0.2) is 9.59 Å². The summed E-state index contributed by atoms with van der Waals surface area (Å²) in [6.45, 7) is 0.0861. The average molecular weight is 422 g/mol. The number of carbonyl (C=O) groups is 2. The summed E-state index contributed by atoms with van der Waals surface area (Å²) in [4.78, 5) is 23.8. The van der Waals surface area contributed by atoms with Crippen LogP contribution in [0.5, 0.6) is 0 Å². The molecule has 1 aliphatic carbocycles. The summed E-state index contributed by atoms with van der Waals surface area (Å²) in [5, 5.41) is 27.8. The Balaban J connectivity index is 1.34. The number of rotatable bonds is 6. The number of ether oxygens (including phenoxy) is 2. The van der Waals surface area contributed by atoms with Crippen LogP contribution in [0, 0.1) is 17.8 Å². The van der Waals surface area contributed by atoms with Gasteiger partial charge in [0, 0.05) is 17.8 Å². The van der Waals surface area contributed by atoms with Crippen LogP contribution in [0.4, 0.5) is 11.4 Å². The van der Waals surface area contributed by atoms with Gasteiger partial charge in [-0.2, -0.15) is 10.2 Å². The van der Waals surface area contributed by atoms with E-state index in [1.54, 1.807) is 24.3 Å². The second-order valence-corrected chi connectivity index (χ2v) is 7.61. The maximum Gasteiger partial charge on any atom is 0.338 e. The van der Waals surface area contributed by atoms with Crippen molar-refractivity contribution in [3.63, 3.8) is 0 Å². The molecule has 4 atom stereocenters. The normalized spacial score (nSPS) is 24.9. The monoisotopic (exact) mass is 422 g/mol. The minimum atomic E-state index is -1.10. The summed E-state index contributed by atoms with van der Waals surface area (Å²) in [7, 11) is 0. The molecule has 0 amide bonds. The Morgan fingerprint density at radius 3 is 2.35 bits per heavy atom. The van der Waals surface area contributed by atoms with Crippen LogP contribution in [0.3, 0.4) is 0 Å². The SMILES string of the molecule is O=C(O)C1=COC(O)C2C(COC(=O)c3ccc(N=Nc4ccccc4)cc3)CCC12. The molecule has 31 heavy (non-hydrogen) atoms. The number of hydrogen-bond donors (Lipinski definition) is 2. The molecule has 0 aromatic heterocycles. The molecule has 0 radical (unpaired) electrons. The predicted molar refractivity (Wildman–Crippen MR) is 110 cm³/mol. The zero-order valence-corrected chi connectivity index (χ0v) is 16.6. The lowest BCUT2D eigenvalue weighted by molar-refractivity contribution is -0.143. The van der Waals surface area contributed by atoms with Gasteiger partial charge >= 0.3 is 11.9 Å². The van der Waals surface area contributed by atoms with Crippen LogP contribution in [-0.2, 0) is 14.3 Å². The number of fused-ring (bicyclic) bond motifs is 1. The summed E-state index contributed by atoms with van der Waals surface area (Å²) in [6, 6.07) is 15.9. The number of aliphatic carboxylic acids is 1. The van der Waals surface area contributed by atoms with Crippen molar-refractivity contribution in [2.75, 3.05) is 6.61 Å². The molecule has 0 bridgehead atoms. The molecule has 160 valence electrons. The first kappa shape index (κ1) is 20.7. The molecular weight excluding hydrogens is 400 g/mol. The molecule has 0 spiro atoms. The van der Waals surface area contributed by atoms with Crippen LogP contribution in [-0.4, -0.2) is 35.0 Å². The summed E-state index contributed by atoms with van der Waals surface area (Å²) < 4.78 is 10.6. The maximum absolute atomic E-state index is 12.4. The number of aliphatic hydroxyl groups excluding tert-OH is 1. The standard InChI is InChI=1S/C23H22N2O6/c26-21(27)19-13-31-23(29)20-15(8-11-18(19)20)12-30-22(28)14-6-9-17(10-7-14)25-24-16-4-2-1-3-5-16/h1-7,9-10,13,15,18,20,23,29H,8,11-12H2,(H,26,27). The Kier molecular flexibility index (Phi) is 6.08. The van der Waals surface area contributed by atoms with Crippen molar-refractivity contribution < 1.29 is 29.3 Å². The number of aliphatic hydroxyl groups is 1. The van der Waals surface area contributed by atoms with Gasteiger partial charge < -0.3 is 19.7 Å². The first-order valence-corrected chi connectivity index (χ1v) is 10.0. The Morgan fingerprint density at radius 2 is 1.68 bits per heavy atom. The van der Waals surface area contributed by atoms with E-state index in [1.165, 1.54) is 0 Å². The van der Waals surface area contributed by atoms with Crippen LogP contribution in [0.25, 0.3) is 0 Å². The molecule has 8 nitrogen and oxygen atoms in total. The Bertz CT molecular complexity index is 1000. The van der Waals surface area contributed by atoms with Gasteiger partial charge in [-0.1, -0.05) is 18.2 Å². The Labute approximate surface area is 178 Å².